The third kappa shape index (κ3) is 4.18. The van der Waals surface area contributed by atoms with Gasteiger partial charge < -0.3 is 9.15 Å². The summed E-state index contributed by atoms with van der Waals surface area (Å²) in [6, 6.07) is 15.0. The quantitative estimate of drug-likeness (QED) is 0.615. The Bertz CT molecular complexity index is 1010. The van der Waals surface area contributed by atoms with Crippen LogP contribution >= 0.6 is 0 Å². The van der Waals surface area contributed by atoms with Crippen molar-refractivity contribution in [1.29, 1.82) is 0 Å². The molecule has 0 unspecified atom stereocenters. The van der Waals surface area contributed by atoms with Crippen molar-refractivity contribution in [2.75, 3.05) is 0 Å². The lowest BCUT2D eigenvalue weighted by molar-refractivity contribution is 0.0434. The Morgan fingerprint density at radius 1 is 1.04 bits per heavy atom. The van der Waals surface area contributed by atoms with Gasteiger partial charge in [-0.05, 0) is 35.9 Å². The van der Waals surface area contributed by atoms with E-state index in [1.165, 1.54) is 42.7 Å². The molecule has 0 aliphatic rings. The Balaban J connectivity index is 1.73. The number of ether oxygens (including phenoxy) is 1. The maximum absolute atomic E-state index is 13.2. The zero-order valence-corrected chi connectivity index (χ0v) is 14.4. The van der Waals surface area contributed by atoms with E-state index in [1.54, 1.807) is 24.3 Å². The van der Waals surface area contributed by atoms with Gasteiger partial charge in [0.05, 0.1) is 16.9 Å². The summed E-state index contributed by atoms with van der Waals surface area (Å²) in [6.07, 6.45) is 1.23. The monoisotopic (exact) mass is 374 g/mol. The fraction of sp³-hybridized carbons (Fsp3) is 0.105. The van der Waals surface area contributed by atoms with Crippen LogP contribution in [0.5, 0.6) is 0 Å². The summed E-state index contributed by atoms with van der Waals surface area (Å²) in [7, 11) is -3.63. The molecule has 1 aromatic heterocycles. The summed E-state index contributed by atoms with van der Waals surface area (Å²) in [5.41, 5.74) is 0.682. The van der Waals surface area contributed by atoms with Crippen LogP contribution in [-0.2, 0) is 26.9 Å². The molecule has 0 aliphatic carbocycles. The number of carbonyl (C=O) groups excluding carboxylic acids is 1. The highest BCUT2D eigenvalue weighted by atomic mass is 32.2. The second kappa shape index (κ2) is 7.53. The van der Waals surface area contributed by atoms with Gasteiger partial charge in [-0.25, -0.2) is 17.6 Å². The molecule has 0 saturated carbocycles. The summed E-state index contributed by atoms with van der Waals surface area (Å²) in [5, 5.41) is 0. The van der Waals surface area contributed by atoms with Gasteiger partial charge in [0.2, 0.25) is 5.76 Å². The minimum absolute atomic E-state index is 0.151. The minimum atomic E-state index is -3.63. The molecule has 0 amide bonds. The Morgan fingerprint density at radius 3 is 2.54 bits per heavy atom. The highest BCUT2D eigenvalue weighted by molar-refractivity contribution is 7.90. The molecule has 0 atom stereocenters. The van der Waals surface area contributed by atoms with E-state index >= 15 is 0 Å². The van der Waals surface area contributed by atoms with Crippen LogP contribution in [0.25, 0.3) is 0 Å². The predicted octanol–water partition coefficient (Wildman–Crippen LogP) is 3.75. The van der Waals surface area contributed by atoms with E-state index in [0.717, 1.165) is 0 Å². The van der Waals surface area contributed by atoms with Crippen LogP contribution in [-0.4, -0.2) is 14.4 Å². The maximum atomic E-state index is 13.2. The topological polar surface area (TPSA) is 73.6 Å². The Labute approximate surface area is 150 Å². The predicted molar refractivity (Wildman–Crippen MR) is 91.6 cm³/mol. The largest absolute Gasteiger partial charge is 0.457 e. The second-order valence-electron chi connectivity index (χ2n) is 5.55. The van der Waals surface area contributed by atoms with Crippen molar-refractivity contribution in [3.05, 3.63) is 89.6 Å². The van der Waals surface area contributed by atoms with Crippen molar-refractivity contribution in [3.63, 3.8) is 0 Å². The van der Waals surface area contributed by atoms with Gasteiger partial charge in [-0.2, -0.15) is 0 Å². The van der Waals surface area contributed by atoms with E-state index < -0.39 is 27.4 Å². The van der Waals surface area contributed by atoms with Crippen molar-refractivity contribution < 1.29 is 26.8 Å². The molecule has 0 bridgehead atoms. The first kappa shape index (κ1) is 17.9. The van der Waals surface area contributed by atoms with Crippen molar-refractivity contribution >= 4 is 15.8 Å². The Kier molecular flexibility index (Phi) is 5.18. The number of sulfone groups is 1. The van der Waals surface area contributed by atoms with Crippen LogP contribution in [0.3, 0.4) is 0 Å². The number of benzene rings is 2. The number of rotatable bonds is 6. The molecule has 0 aliphatic heterocycles. The van der Waals surface area contributed by atoms with Crippen molar-refractivity contribution in [1.82, 2.24) is 0 Å². The van der Waals surface area contributed by atoms with Crippen LogP contribution < -0.4 is 0 Å². The second-order valence-corrected chi connectivity index (χ2v) is 7.54. The van der Waals surface area contributed by atoms with Gasteiger partial charge in [0, 0.05) is 5.56 Å². The highest BCUT2D eigenvalue weighted by Crippen LogP contribution is 2.21. The Hall–Kier alpha value is -2.93. The van der Waals surface area contributed by atoms with Crippen molar-refractivity contribution in [2.45, 2.75) is 17.3 Å². The number of hydrogen-bond acceptors (Lipinski definition) is 5. The van der Waals surface area contributed by atoms with Gasteiger partial charge in [-0.1, -0.05) is 30.3 Å². The first-order valence-corrected chi connectivity index (χ1v) is 9.37. The lowest BCUT2D eigenvalue weighted by Crippen LogP contribution is -2.10. The highest BCUT2D eigenvalue weighted by Gasteiger charge is 2.23. The maximum Gasteiger partial charge on any atom is 0.374 e. The SMILES string of the molecule is O=C(OCc1cccc(F)c1)c1occc1CS(=O)(=O)c1ccccc1. The normalized spacial score (nSPS) is 11.3. The molecule has 3 aromatic rings. The van der Waals surface area contributed by atoms with Gasteiger partial charge in [-0.15, -0.1) is 0 Å². The summed E-state index contributed by atoms with van der Waals surface area (Å²) in [4.78, 5) is 12.4. The molecule has 0 saturated heterocycles. The molecule has 2 aromatic carbocycles. The van der Waals surface area contributed by atoms with E-state index in [4.69, 9.17) is 9.15 Å². The molecule has 3 rings (SSSR count). The average molecular weight is 374 g/mol. The van der Waals surface area contributed by atoms with E-state index in [0.29, 0.717) is 5.56 Å². The standard InChI is InChI=1S/C19H15FO5S/c20-16-6-4-5-14(11-16)12-25-19(21)18-15(9-10-24-18)13-26(22,23)17-7-2-1-3-8-17/h1-11H,12-13H2. The van der Waals surface area contributed by atoms with E-state index in [1.807, 2.05) is 0 Å². The lowest BCUT2D eigenvalue weighted by Gasteiger charge is -2.06. The van der Waals surface area contributed by atoms with Crippen LogP contribution in [0.4, 0.5) is 4.39 Å². The number of furan rings is 1. The zero-order valence-electron chi connectivity index (χ0n) is 13.6. The van der Waals surface area contributed by atoms with Crippen molar-refractivity contribution in [2.24, 2.45) is 0 Å². The average Bonchev–Trinajstić information content (AvgIpc) is 3.08. The molecule has 0 N–H and O–H groups in total. The fourth-order valence-corrected chi connectivity index (χ4v) is 3.76. The van der Waals surface area contributed by atoms with Gasteiger partial charge in [-0.3, -0.25) is 0 Å². The molecule has 5 nitrogen and oxygen atoms in total. The number of halogens is 1. The lowest BCUT2D eigenvalue weighted by atomic mass is 10.2. The molecular weight excluding hydrogens is 359 g/mol. The first-order chi connectivity index (χ1) is 12.5. The summed E-state index contributed by atoms with van der Waals surface area (Å²) in [5.74, 6) is -1.82. The van der Waals surface area contributed by atoms with E-state index in [9.17, 15) is 17.6 Å². The molecule has 134 valence electrons. The molecular formula is C19H15FO5S. The zero-order chi connectivity index (χ0) is 18.6. The molecule has 7 heteroatoms. The van der Waals surface area contributed by atoms with Crippen LogP contribution in [0, 0.1) is 5.82 Å². The minimum Gasteiger partial charge on any atom is -0.457 e. The van der Waals surface area contributed by atoms with E-state index in [-0.39, 0.29) is 22.8 Å². The summed E-state index contributed by atoms with van der Waals surface area (Å²) < 4.78 is 48.3. The molecule has 0 radical (unpaired) electrons. The van der Waals surface area contributed by atoms with Crippen LogP contribution in [0.2, 0.25) is 0 Å². The van der Waals surface area contributed by atoms with Crippen LogP contribution in [0.15, 0.2) is 76.2 Å². The first-order valence-electron chi connectivity index (χ1n) is 7.71. The molecule has 1 heterocycles. The summed E-state index contributed by atoms with van der Waals surface area (Å²) >= 11 is 0. The third-order valence-electron chi connectivity index (χ3n) is 3.64. The number of hydrogen-bond donors (Lipinski definition) is 0. The Morgan fingerprint density at radius 2 is 1.81 bits per heavy atom. The van der Waals surface area contributed by atoms with Gasteiger partial charge in [0.1, 0.15) is 12.4 Å². The molecule has 0 spiro atoms. The number of carbonyl (C=O) groups is 1. The van der Waals surface area contributed by atoms with Gasteiger partial charge >= 0.3 is 5.97 Å². The fourth-order valence-electron chi connectivity index (χ4n) is 2.39. The summed E-state index contributed by atoms with van der Waals surface area (Å²) in [6.45, 7) is -0.151. The molecule has 0 fully saturated rings. The van der Waals surface area contributed by atoms with Crippen molar-refractivity contribution in [3.8, 4) is 0 Å². The van der Waals surface area contributed by atoms with E-state index in [2.05, 4.69) is 0 Å². The number of esters is 1. The van der Waals surface area contributed by atoms with Crippen LogP contribution in [0.1, 0.15) is 21.7 Å². The molecule has 26 heavy (non-hydrogen) atoms. The third-order valence-corrected chi connectivity index (χ3v) is 5.32. The smallest absolute Gasteiger partial charge is 0.374 e. The van der Waals surface area contributed by atoms with Gasteiger partial charge in [0.15, 0.2) is 9.84 Å². The van der Waals surface area contributed by atoms with Gasteiger partial charge in [0.25, 0.3) is 0 Å².